The molecule has 2 aliphatic rings. The molecule has 1 saturated carbocycles. The van der Waals surface area contributed by atoms with Crippen LogP contribution in [0, 0.1) is 0 Å². The molecule has 1 amide bonds. The molecule has 2 fully saturated rings. The molecule has 3 nitrogen and oxygen atoms in total. The highest BCUT2D eigenvalue weighted by atomic mass is 32.2. The third-order valence-corrected chi connectivity index (χ3v) is 5.92. The topological polar surface area (TPSA) is 29.5 Å². The van der Waals surface area contributed by atoms with Crippen LogP contribution in [-0.4, -0.2) is 23.1 Å². The molecule has 1 aromatic carbocycles. The SMILES string of the molecule is COc1ccc(N2C(=O)C(C)SC23CCCCC3)cc1. The largest absolute Gasteiger partial charge is 0.497 e. The number of benzene rings is 1. The molecule has 1 aromatic rings. The van der Waals surface area contributed by atoms with Crippen molar-refractivity contribution >= 4 is 23.4 Å². The van der Waals surface area contributed by atoms with E-state index in [4.69, 9.17) is 4.74 Å². The Labute approximate surface area is 124 Å². The van der Waals surface area contributed by atoms with Gasteiger partial charge in [0.2, 0.25) is 5.91 Å². The van der Waals surface area contributed by atoms with Crippen molar-refractivity contribution in [2.45, 2.75) is 49.1 Å². The van der Waals surface area contributed by atoms with E-state index in [1.54, 1.807) is 7.11 Å². The highest BCUT2D eigenvalue weighted by molar-refractivity contribution is 8.02. The number of hydrogen-bond donors (Lipinski definition) is 0. The van der Waals surface area contributed by atoms with E-state index in [-0.39, 0.29) is 16.0 Å². The minimum atomic E-state index is -0.0106. The molecule has 1 spiro atoms. The van der Waals surface area contributed by atoms with Gasteiger partial charge < -0.3 is 4.74 Å². The molecule has 1 saturated heterocycles. The summed E-state index contributed by atoms with van der Waals surface area (Å²) in [5, 5.41) is 0.0650. The Hall–Kier alpha value is -1.16. The number of nitrogens with zero attached hydrogens (tertiary/aromatic N) is 1. The molecule has 1 aliphatic heterocycles. The van der Waals surface area contributed by atoms with Crippen molar-refractivity contribution in [3.05, 3.63) is 24.3 Å². The Morgan fingerprint density at radius 2 is 1.85 bits per heavy atom. The molecule has 1 atom stereocenters. The zero-order valence-electron chi connectivity index (χ0n) is 12.1. The van der Waals surface area contributed by atoms with Gasteiger partial charge in [-0.1, -0.05) is 19.3 Å². The van der Waals surface area contributed by atoms with E-state index in [1.165, 1.54) is 19.3 Å². The van der Waals surface area contributed by atoms with E-state index in [0.29, 0.717) is 0 Å². The molecule has 0 aromatic heterocycles. The minimum absolute atomic E-state index is 0.0106. The normalized spacial score (nSPS) is 25.2. The molecule has 20 heavy (non-hydrogen) atoms. The van der Waals surface area contributed by atoms with Crippen LogP contribution >= 0.6 is 11.8 Å². The van der Waals surface area contributed by atoms with Crippen molar-refractivity contribution in [1.82, 2.24) is 0 Å². The van der Waals surface area contributed by atoms with Gasteiger partial charge in [0.05, 0.1) is 17.2 Å². The van der Waals surface area contributed by atoms with Gasteiger partial charge in [0.15, 0.2) is 0 Å². The number of anilines is 1. The van der Waals surface area contributed by atoms with Crippen LogP contribution in [0.15, 0.2) is 24.3 Å². The molecule has 0 bridgehead atoms. The number of ether oxygens (including phenoxy) is 1. The number of rotatable bonds is 2. The monoisotopic (exact) mass is 291 g/mol. The number of methoxy groups -OCH3 is 1. The third-order valence-electron chi connectivity index (χ3n) is 4.34. The van der Waals surface area contributed by atoms with E-state index in [2.05, 4.69) is 4.90 Å². The Kier molecular flexibility index (Phi) is 3.67. The zero-order valence-corrected chi connectivity index (χ0v) is 12.9. The summed E-state index contributed by atoms with van der Waals surface area (Å²) < 4.78 is 5.21. The first kappa shape index (κ1) is 13.8. The van der Waals surface area contributed by atoms with Crippen LogP contribution < -0.4 is 9.64 Å². The summed E-state index contributed by atoms with van der Waals surface area (Å²) in [7, 11) is 1.66. The van der Waals surface area contributed by atoms with Crippen LogP contribution in [0.3, 0.4) is 0 Å². The maximum atomic E-state index is 12.6. The van der Waals surface area contributed by atoms with Crippen molar-refractivity contribution in [2.75, 3.05) is 12.0 Å². The van der Waals surface area contributed by atoms with Gasteiger partial charge >= 0.3 is 0 Å². The van der Waals surface area contributed by atoms with Crippen molar-refractivity contribution in [2.24, 2.45) is 0 Å². The summed E-state index contributed by atoms with van der Waals surface area (Å²) in [5.41, 5.74) is 1.01. The first-order valence-corrected chi connectivity index (χ1v) is 8.20. The summed E-state index contributed by atoms with van der Waals surface area (Å²) in [6.45, 7) is 2.03. The second-order valence-electron chi connectivity index (χ2n) is 5.64. The number of hydrogen-bond acceptors (Lipinski definition) is 3. The van der Waals surface area contributed by atoms with E-state index in [0.717, 1.165) is 24.3 Å². The fourth-order valence-corrected chi connectivity index (χ4v) is 5.04. The predicted molar refractivity (Wildman–Crippen MR) is 83.3 cm³/mol. The van der Waals surface area contributed by atoms with Crippen LogP contribution in [0.25, 0.3) is 0 Å². The molecule has 0 radical (unpaired) electrons. The van der Waals surface area contributed by atoms with E-state index < -0.39 is 0 Å². The maximum Gasteiger partial charge on any atom is 0.241 e. The van der Waals surface area contributed by atoms with Crippen LogP contribution in [0.5, 0.6) is 5.75 Å². The highest BCUT2D eigenvalue weighted by Gasteiger charge is 2.50. The fourth-order valence-electron chi connectivity index (χ4n) is 3.35. The molecular formula is C16H21NO2S. The van der Waals surface area contributed by atoms with Crippen molar-refractivity contribution < 1.29 is 9.53 Å². The Bertz CT molecular complexity index is 494. The lowest BCUT2D eigenvalue weighted by Gasteiger charge is -2.40. The predicted octanol–water partition coefficient (Wildman–Crippen LogP) is 3.82. The van der Waals surface area contributed by atoms with E-state index in [1.807, 2.05) is 43.0 Å². The van der Waals surface area contributed by atoms with Crippen LogP contribution in [0.2, 0.25) is 0 Å². The summed E-state index contributed by atoms with van der Waals surface area (Å²) in [6.07, 6.45) is 5.96. The third kappa shape index (κ3) is 2.20. The number of carbonyl (C=O) groups is 1. The van der Waals surface area contributed by atoms with Crippen LogP contribution in [-0.2, 0) is 4.79 Å². The van der Waals surface area contributed by atoms with Gasteiger partial charge in [0.25, 0.3) is 0 Å². The van der Waals surface area contributed by atoms with Gasteiger partial charge in [0, 0.05) is 5.69 Å². The van der Waals surface area contributed by atoms with Gasteiger partial charge in [-0.05, 0) is 44.0 Å². The van der Waals surface area contributed by atoms with Gasteiger partial charge in [-0.3, -0.25) is 9.69 Å². The first-order chi connectivity index (χ1) is 9.66. The van der Waals surface area contributed by atoms with Crippen molar-refractivity contribution in [3.63, 3.8) is 0 Å². The fraction of sp³-hybridized carbons (Fsp3) is 0.562. The van der Waals surface area contributed by atoms with Gasteiger partial charge in [-0.2, -0.15) is 0 Å². The second kappa shape index (κ2) is 5.32. The van der Waals surface area contributed by atoms with Crippen molar-refractivity contribution in [1.29, 1.82) is 0 Å². The Balaban J connectivity index is 1.96. The van der Waals surface area contributed by atoms with Crippen LogP contribution in [0.1, 0.15) is 39.0 Å². The lowest BCUT2D eigenvalue weighted by atomic mass is 9.93. The molecule has 1 aliphatic carbocycles. The first-order valence-electron chi connectivity index (χ1n) is 7.32. The lowest BCUT2D eigenvalue weighted by Crippen LogP contribution is -2.46. The number of amides is 1. The summed E-state index contributed by atoms with van der Waals surface area (Å²) >= 11 is 1.85. The molecule has 0 N–H and O–H groups in total. The molecular weight excluding hydrogens is 270 g/mol. The average Bonchev–Trinajstić information content (AvgIpc) is 2.71. The maximum absolute atomic E-state index is 12.6. The standard InChI is InChI=1S/C16H21NO2S/c1-12-15(18)17(13-6-8-14(19-2)9-7-13)16(20-12)10-4-3-5-11-16/h6-9,12H,3-5,10-11H2,1-2H3. The molecule has 108 valence electrons. The zero-order chi connectivity index (χ0) is 14.2. The van der Waals surface area contributed by atoms with E-state index >= 15 is 0 Å². The van der Waals surface area contributed by atoms with Crippen LogP contribution in [0.4, 0.5) is 5.69 Å². The summed E-state index contributed by atoms with van der Waals surface area (Å²) in [5.74, 6) is 1.08. The van der Waals surface area contributed by atoms with Gasteiger partial charge in [-0.15, -0.1) is 11.8 Å². The minimum Gasteiger partial charge on any atom is -0.497 e. The molecule has 3 rings (SSSR count). The van der Waals surface area contributed by atoms with E-state index in [9.17, 15) is 4.79 Å². The van der Waals surface area contributed by atoms with Gasteiger partial charge in [0.1, 0.15) is 5.75 Å². The smallest absolute Gasteiger partial charge is 0.241 e. The summed E-state index contributed by atoms with van der Waals surface area (Å²) in [6, 6.07) is 7.89. The van der Waals surface area contributed by atoms with Crippen molar-refractivity contribution in [3.8, 4) is 5.75 Å². The Morgan fingerprint density at radius 1 is 1.20 bits per heavy atom. The average molecular weight is 291 g/mol. The quantitative estimate of drug-likeness (QED) is 0.829. The highest BCUT2D eigenvalue weighted by Crippen LogP contribution is 2.51. The summed E-state index contributed by atoms with van der Waals surface area (Å²) in [4.78, 5) is 14.7. The lowest BCUT2D eigenvalue weighted by molar-refractivity contribution is -0.117. The molecule has 1 heterocycles. The van der Waals surface area contributed by atoms with Gasteiger partial charge in [-0.25, -0.2) is 0 Å². The molecule has 4 heteroatoms. The number of thioether (sulfide) groups is 1. The molecule has 1 unspecified atom stereocenters. The number of carbonyl (C=O) groups excluding carboxylic acids is 1. The second-order valence-corrected chi connectivity index (χ2v) is 7.34. The Morgan fingerprint density at radius 3 is 2.45 bits per heavy atom.